The van der Waals surface area contributed by atoms with Gasteiger partial charge < -0.3 is 15.4 Å². The number of nitro benzene ring substituents is 1. The first-order valence-electron chi connectivity index (χ1n) is 8.51. The van der Waals surface area contributed by atoms with E-state index in [-0.39, 0.29) is 5.69 Å². The minimum absolute atomic E-state index is 0.109. The van der Waals surface area contributed by atoms with Gasteiger partial charge in [0.15, 0.2) is 0 Å². The maximum absolute atomic E-state index is 12.1. The number of non-ortho nitro benzene ring substituents is 1. The van der Waals surface area contributed by atoms with Crippen molar-refractivity contribution in [3.8, 4) is 0 Å². The first-order valence-corrected chi connectivity index (χ1v) is 8.51. The van der Waals surface area contributed by atoms with Gasteiger partial charge in [0.2, 0.25) is 0 Å². The molecule has 8 nitrogen and oxygen atoms in total. The van der Waals surface area contributed by atoms with Crippen LogP contribution in [0.1, 0.15) is 35.7 Å². The minimum atomic E-state index is -0.545. The number of carbonyl (C=O) groups is 2. The second-order valence-electron chi connectivity index (χ2n) is 5.90. The Labute approximate surface area is 156 Å². The summed E-state index contributed by atoms with van der Waals surface area (Å²) in [5.74, 6) is -0.410. The third-order valence-electron chi connectivity index (χ3n) is 3.79. The maximum Gasteiger partial charge on any atom is 0.338 e. The van der Waals surface area contributed by atoms with Gasteiger partial charge in [0.05, 0.1) is 22.8 Å². The lowest BCUT2D eigenvalue weighted by Gasteiger charge is -2.10. The highest BCUT2D eigenvalue weighted by Gasteiger charge is 2.12. The number of hydrogen-bond acceptors (Lipinski definition) is 5. The zero-order chi connectivity index (χ0) is 19.8. The summed E-state index contributed by atoms with van der Waals surface area (Å²) in [5.41, 5.74) is 1.80. The van der Waals surface area contributed by atoms with Crippen molar-refractivity contribution in [2.24, 2.45) is 0 Å². The Kier molecular flexibility index (Phi) is 6.87. The van der Waals surface area contributed by atoms with Gasteiger partial charge in [-0.3, -0.25) is 10.1 Å². The minimum Gasteiger partial charge on any atom is -0.462 e. The van der Waals surface area contributed by atoms with Crippen molar-refractivity contribution in [3.05, 3.63) is 63.7 Å². The molecule has 0 aliphatic carbocycles. The Morgan fingerprint density at radius 1 is 1.11 bits per heavy atom. The number of unbranched alkanes of at least 4 members (excludes halogenated alkanes) is 1. The first kappa shape index (κ1) is 19.9. The second kappa shape index (κ2) is 9.33. The monoisotopic (exact) mass is 371 g/mol. The number of rotatable bonds is 7. The van der Waals surface area contributed by atoms with E-state index in [4.69, 9.17) is 4.74 Å². The molecule has 0 bridgehead atoms. The van der Waals surface area contributed by atoms with Crippen LogP contribution in [-0.4, -0.2) is 23.5 Å². The van der Waals surface area contributed by atoms with Crippen molar-refractivity contribution in [3.63, 3.8) is 0 Å². The molecule has 27 heavy (non-hydrogen) atoms. The van der Waals surface area contributed by atoms with Crippen LogP contribution in [0, 0.1) is 17.0 Å². The largest absolute Gasteiger partial charge is 0.462 e. The Bertz CT molecular complexity index is 834. The summed E-state index contributed by atoms with van der Waals surface area (Å²) in [5, 5.41) is 16.0. The summed E-state index contributed by atoms with van der Waals surface area (Å²) in [6.45, 7) is 4.12. The lowest BCUT2D eigenvalue weighted by molar-refractivity contribution is -0.384. The van der Waals surface area contributed by atoms with Gasteiger partial charge in [-0.15, -0.1) is 0 Å². The Hall–Kier alpha value is -3.42. The van der Waals surface area contributed by atoms with Gasteiger partial charge in [-0.1, -0.05) is 19.4 Å². The van der Waals surface area contributed by atoms with Crippen LogP contribution in [-0.2, 0) is 4.74 Å². The Morgan fingerprint density at radius 2 is 1.81 bits per heavy atom. The molecule has 0 atom stereocenters. The Balaban J connectivity index is 1.97. The lowest BCUT2D eigenvalue weighted by atomic mass is 10.2. The number of nitro groups is 1. The molecular weight excluding hydrogens is 350 g/mol. The van der Waals surface area contributed by atoms with Crippen LogP contribution in [0.5, 0.6) is 0 Å². The van der Waals surface area contributed by atoms with Crippen LogP contribution in [0.15, 0.2) is 42.5 Å². The van der Waals surface area contributed by atoms with E-state index in [1.165, 1.54) is 12.1 Å². The number of ether oxygens (including phenoxy) is 1. The number of benzene rings is 2. The third-order valence-corrected chi connectivity index (χ3v) is 3.79. The van der Waals surface area contributed by atoms with E-state index in [1.807, 2.05) is 6.92 Å². The molecule has 0 unspecified atom stereocenters. The van der Waals surface area contributed by atoms with Crippen molar-refractivity contribution in [2.75, 3.05) is 17.2 Å². The highest BCUT2D eigenvalue weighted by molar-refractivity contribution is 6.00. The molecule has 2 aromatic carbocycles. The van der Waals surface area contributed by atoms with Gasteiger partial charge in [0.25, 0.3) is 5.69 Å². The van der Waals surface area contributed by atoms with E-state index in [9.17, 15) is 19.7 Å². The molecule has 8 heteroatoms. The number of amides is 2. The molecule has 0 saturated carbocycles. The van der Waals surface area contributed by atoms with Gasteiger partial charge >= 0.3 is 12.0 Å². The fourth-order valence-corrected chi connectivity index (χ4v) is 2.23. The molecule has 2 N–H and O–H groups in total. The van der Waals surface area contributed by atoms with Crippen LogP contribution < -0.4 is 10.6 Å². The highest BCUT2D eigenvalue weighted by atomic mass is 16.6. The summed E-state index contributed by atoms with van der Waals surface area (Å²) < 4.78 is 5.12. The number of anilines is 2. The topological polar surface area (TPSA) is 111 Å². The van der Waals surface area contributed by atoms with Gasteiger partial charge in [-0.25, -0.2) is 9.59 Å². The molecule has 2 amide bonds. The molecule has 0 fully saturated rings. The van der Waals surface area contributed by atoms with E-state index < -0.39 is 16.9 Å². The van der Waals surface area contributed by atoms with Gasteiger partial charge in [-0.2, -0.15) is 0 Å². The third kappa shape index (κ3) is 5.81. The molecule has 0 spiro atoms. The SMILES string of the molecule is CCCCOC(=O)c1ccc(NC(=O)Nc2cc([N+](=O)[O-])ccc2C)cc1. The van der Waals surface area contributed by atoms with Gasteiger partial charge in [0, 0.05) is 17.8 Å². The zero-order valence-electron chi connectivity index (χ0n) is 15.2. The normalized spacial score (nSPS) is 10.1. The number of nitrogens with one attached hydrogen (secondary N) is 2. The van der Waals surface area contributed by atoms with Crippen LogP contribution in [0.4, 0.5) is 21.9 Å². The number of aryl methyl sites for hydroxylation is 1. The van der Waals surface area contributed by atoms with Crippen LogP contribution in [0.2, 0.25) is 0 Å². The molecule has 0 aromatic heterocycles. The number of carbonyl (C=O) groups excluding carboxylic acids is 2. The van der Waals surface area contributed by atoms with E-state index in [0.717, 1.165) is 12.8 Å². The Morgan fingerprint density at radius 3 is 2.44 bits per heavy atom. The molecular formula is C19H21N3O5. The first-order chi connectivity index (χ1) is 12.9. The zero-order valence-corrected chi connectivity index (χ0v) is 15.2. The molecule has 0 aliphatic rings. The van der Waals surface area contributed by atoms with E-state index >= 15 is 0 Å². The summed E-state index contributed by atoms with van der Waals surface area (Å²) >= 11 is 0. The number of urea groups is 1. The molecule has 0 heterocycles. The van der Waals surface area contributed by atoms with Crippen molar-refractivity contribution in [2.45, 2.75) is 26.7 Å². The molecule has 142 valence electrons. The highest BCUT2D eigenvalue weighted by Crippen LogP contribution is 2.22. The number of esters is 1. The van der Waals surface area contributed by atoms with E-state index in [1.54, 1.807) is 37.3 Å². The van der Waals surface area contributed by atoms with E-state index in [0.29, 0.717) is 29.1 Å². The van der Waals surface area contributed by atoms with Gasteiger partial charge in [0.1, 0.15) is 0 Å². The van der Waals surface area contributed by atoms with Crippen molar-refractivity contribution >= 4 is 29.1 Å². The second-order valence-corrected chi connectivity index (χ2v) is 5.90. The van der Waals surface area contributed by atoms with Crippen molar-refractivity contribution in [1.29, 1.82) is 0 Å². The fourth-order valence-electron chi connectivity index (χ4n) is 2.23. The average Bonchev–Trinajstić information content (AvgIpc) is 2.64. The average molecular weight is 371 g/mol. The molecule has 2 aromatic rings. The maximum atomic E-state index is 12.1. The van der Waals surface area contributed by atoms with Crippen LogP contribution in [0.25, 0.3) is 0 Å². The predicted octanol–water partition coefficient (Wildman–Crippen LogP) is 4.50. The summed E-state index contributed by atoms with van der Waals surface area (Å²) in [6.07, 6.45) is 1.75. The van der Waals surface area contributed by atoms with Crippen molar-refractivity contribution < 1.29 is 19.2 Å². The smallest absolute Gasteiger partial charge is 0.338 e. The summed E-state index contributed by atoms with van der Waals surface area (Å²) in [6, 6.07) is 9.96. The lowest BCUT2D eigenvalue weighted by Crippen LogP contribution is -2.20. The summed E-state index contributed by atoms with van der Waals surface area (Å²) in [7, 11) is 0. The predicted molar refractivity (Wildman–Crippen MR) is 102 cm³/mol. The molecule has 2 rings (SSSR count). The summed E-state index contributed by atoms with van der Waals surface area (Å²) in [4.78, 5) is 34.3. The molecule has 0 aliphatic heterocycles. The molecule has 0 radical (unpaired) electrons. The fraction of sp³-hybridized carbons (Fsp3) is 0.263. The number of nitrogens with zero attached hydrogens (tertiary/aromatic N) is 1. The van der Waals surface area contributed by atoms with Gasteiger partial charge in [-0.05, 0) is 43.2 Å². The quantitative estimate of drug-likeness (QED) is 0.322. The van der Waals surface area contributed by atoms with Crippen LogP contribution in [0.3, 0.4) is 0 Å². The van der Waals surface area contributed by atoms with Crippen molar-refractivity contribution in [1.82, 2.24) is 0 Å². The molecule has 0 saturated heterocycles. The van der Waals surface area contributed by atoms with Crippen LogP contribution >= 0.6 is 0 Å². The number of hydrogen-bond donors (Lipinski definition) is 2. The van der Waals surface area contributed by atoms with E-state index in [2.05, 4.69) is 10.6 Å². The standard InChI is InChI=1S/C19H21N3O5/c1-3-4-11-27-18(23)14-6-8-15(9-7-14)20-19(24)21-17-12-16(22(25)26)10-5-13(17)2/h5-10,12H,3-4,11H2,1-2H3,(H2,20,21,24).